The van der Waals surface area contributed by atoms with Gasteiger partial charge < -0.3 is 10.1 Å². The van der Waals surface area contributed by atoms with E-state index in [1.807, 2.05) is 0 Å². The summed E-state index contributed by atoms with van der Waals surface area (Å²) in [6.07, 6.45) is 2.56. The molecule has 0 amide bonds. The molecule has 1 N–H and O–H groups in total. The molecular formula is C14H23NO. The molecule has 1 aromatic rings. The van der Waals surface area contributed by atoms with E-state index in [9.17, 15) is 0 Å². The Morgan fingerprint density at radius 2 is 2.06 bits per heavy atom. The number of hydrogen-bond donors (Lipinski definition) is 1. The van der Waals surface area contributed by atoms with Crippen molar-refractivity contribution in [2.24, 2.45) is 0 Å². The summed E-state index contributed by atoms with van der Waals surface area (Å²) in [5.41, 5.74) is 2.40. The lowest BCUT2D eigenvalue weighted by Gasteiger charge is -2.16. The third-order valence-electron chi connectivity index (χ3n) is 2.84. The van der Waals surface area contributed by atoms with Crippen molar-refractivity contribution in [3.63, 3.8) is 0 Å². The van der Waals surface area contributed by atoms with Crippen LogP contribution < -0.4 is 5.32 Å². The average molecular weight is 221 g/mol. The van der Waals surface area contributed by atoms with Crippen LogP contribution in [0, 0.1) is 0 Å². The quantitative estimate of drug-likeness (QED) is 0.784. The van der Waals surface area contributed by atoms with E-state index < -0.39 is 0 Å². The maximum atomic E-state index is 5.32. The molecule has 16 heavy (non-hydrogen) atoms. The number of anilines is 1. The van der Waals surface area contributed by atoms with E-state index in [4.69, 9.17) is 4.74 Å². The molecule has 0 aromatic heterocycles. The lowest BCUT2D eigenvalue weighted by atomic mass is 10.1. The summed E-state index contributed by atoms with van der Waals surface area (Å²) in [6.45, 7) is 6.49. The molecule has 0 radical (unpaired) electrons. The fourth-order valence-corrected chi connectivity index (χ4v) is 1.81. The molecule has 1 rings (SSSR count). The van der Waals surface area contributed by atoms with Gasteiger partial charge in [0.1, 0.15) is 0 Å². The molecule has 0 fully saturated rings. The largest absolute Gasteiger partial charge is 0.383 e. The van der Waals surface area contributed by atoms with Crippen LogP contribution in [0.1, 0.15) is 45.3 Å². The monoisotopic (exact) mass is 221 g/mol. The van der Waals surface area contributed by atoms with Crippen LogP contribution in [-0.2, 0) is 4.74 Å². The lowest BCUT2D eigenvalue weighted by Crippen LogP contribution is -2.14. The van der Waals surface area contributed by atoms with Crippen molar-refractivity contribution in [3.8, 4) is 0 Å². The van der Waals surface area contributed by atoms with Gasteiger partial charge in [0.05, 0.1) is 6.10 Å². The number of hydrogen-bond acceptors (Lipinski definition) is 2. The Labute approximate surface area is 99.0 Å². The normalized spacial score (nSPS) is 14.5. The molecule has 2 unspecified atom stereocenters. The van der Waals surface area contributed by atoms with Gasteiger partial charge in [0.25, 0.3) is 0 Å². The Bertz CT molecular complexity index is 311. The summed E-state index contributed by atoms with van der Waals surface area (Å²) in [7, 11) is 1.74. The molecule has 2 nitrogen and oxygen atoms in total. The Morgan fingerprint density at radius 3 is 2.69 bits per heavy atom. The third-order valence-corrected chi connectivity index (χ3v) is 2.84. The van der Waals surface area contributed by atoms with Crippen LogP contribution >= 0.6 is 0 Å². The Kier molecular flexibility index (Phi) is 5.33. The van der Waals surface area contributed by atoms with Gasteiger partial charge in [0, 0.05) is 18.8 Å². The van der Waals surface area contributed by atoms with Gasteiger partial charge in [-0.2, -0.15) is 0 Å². The predicted molar refractivity (Wildman–Crippen MR) is 69.9 cm³/mol. The zero-order valence-electron chi connectivity index (χ0n) is 10.8. The van der Waals surface area contributed by atoms with E-state index in [-0.39, 0.29) is 6.10 Å². The number of methoxy groups -OCH3 is 1. The molecule has 0 aliphatic rings. The molecule has 1 aromatic carbocycles. The molecule has 0 saturated heterocycles. The minimum absolute atomic E-state index is 0.156. The number of benzene rings is 1. The van der Waals surface area contributed by atoms with E-state index in [0.717, 1.165) is 0 Å². The van der Waals surface area contributed by atoms with Crippen molar-refractivity contribution in [2.45, 2.75) is 45.8 Å². The smallest absolute Gasteiger partial charge is 0.0793 e. The highest BCUT2D eigenvalue weighted by molar-refractivity contribution is 5.46. The van der Waals surface area contributed by atoms with E-state index >= 15 is 0 Å². The highest BCUT2D eigenvalue weighted by Crippen LogP contribution is 2.20. The van der Waals surface area contributed by atoms with Crippen molar-refractivity contribution in [3.05, 3.63) is 29.8 Å². The third kappa shape index (κ3) is 3.86. The standard InChI is InChI=1S/C14H23NO/c1-5-7-11(2)15-14-9-6-8-13(10-14)12(3)16-4/h6,8-12,15H,5,7H2,1-4H3. The molecule has 0 bridgehead atoms. The minimum Gasteiger partial charge on any atom is -0.383 e. The predicted octanol–water partition coefficient (Wildman–Crippen LogP) is 3.99. The first kappa shape index (κ1) is 13.0. The van der Waals surface area contributed by atoms with Gasteiger partial charge in [0.2, 0.25) is 0 Å². The first-order valence-corrected chi connectivity index (χ1v) is 6.06. The van der Waals surface area contributed by atoms with Crippen molar-refractivity contribution < 1.29 is 4.74 Å². The second-order valence-electron chi connectivity index (χ2n) is 4.34. The van der Waals surface area contributed by atoms with Gasteiger partial charge in [-0.1, -0.05) is 25.5 Å². The maximum absolute atomic E-state index is 5.32. The van der Waals surface area contributed by atoms with Crippen LogP contribution in [-0.4, -0.2) is 13.2 Å². The van der Waals surface area contributed by atoms with Gasteiger partial charge in [0.15, 0.2) is 0 Å². The molecular weight excluding hydrogens is 198 g/mol. The topological polar surface area (TPSA) is 21.3 Å². The van der Waals surface area contributed by atoms with E-state index in [1.165, 1.54) is 24.1 Å². The molecule has 2 atom stereocenters. The highest BCUT2D eigenvalue weighted by Gasteiger charge is 2.05. The van der Waals surface area contributed by atoms with E-state index in [0.29, 0.717) is 6.04 Å². The van der Waals surface area contributed by atoms with Gasteiger partial charge >= 0.3 is 0 Å². The average Bonchev–Trinajstić information content (AvgIpc) is 2.28. The number of nitrogens with one attached hydrogen (secondary N) is 1. The highest BCUT2D eigenvalue weighted by atomic mass is 16.5. The van der Waals surface area contributed by atoms with Crippen LogP contribution in [0.2, 0.25) is 0 Å². The summed E-state index contributed by atoms with van der Waals surface area (Å²) in [6, 6.07) is 8.98. The van der Waals surface area contributed by atoms with E-state index in [1.54, 1.807) is 7.11 Å². The van der Waals surface area contributed by atoms with Crippen LogP contribution in [0.15, 0.2) is 24.3 Å². The zero-order chi connectivity index (χ0) is 12.0. The Morgan fingerprint density at radius 1 is 1.31 bits per heavy atom. The summed E-state index contributed by atoms with van der Waals surface area (Å²) >= 11 is 0. The summed E-state index contributed by atoms with van der Waals surface area (Å²) in [5, 5.41) is 3.51. The van der Waals surface area contributed by atoms with Gasteiger partial charge in [-0.3, -0.25) is 0 Å². The molecule has 0 aliphatic heterocycles. The second kappa shape index (κ2) is 6.54. The van der Waals surface area contributed by atoms with Gasteiger partial charge in [-0.25, -0.2) is 0 Å². The van der Waals surface area contributed by atoms with Crippen molar-refractivity contribution in [2.75, 3.05) is 12.4 Å². The maximum Gasteiger partial charge on any atom is 0.0793 e. The summed E-state index contributed by atoms with van der Waals surface area (Å²) in [5.74, 6) is 0. The molecule has 0 spiro atoms. The SMILES string of the molecule is CCCC(C)Nc1cccc(C(C)OC)c1. The molecule has 0 saturated carbocycles. The zero-order valence-corrected chi connectivity index (χ0v) is 10.8. The summed E-state index contributed by atoms with van der Waals surface area (Å²) < 4.78 is 5.32. The molecule has 0 heterocycles. The van der Waals surface area contributed by atoms with Gasteiger partial charge in [-0.15, -0.1) is 0 Å². The van der Waals surface area contributed by atoms with Crippen molar-refractivity contribution in [1.29, 1.82) is 0 Å². The molecule has 0 aliphatic carbocycles. The fourth-order valence-electron chi connectivity index (χ4n) is 1.81. The van der Waals surface area contributed by atoms with Crippen molar-refractivity contribution >= 4 is 5.69 Å². The van der Waals surface area contributed by atoms with Gasteiger partial charge in [-0.05, 0) is 38.0 Å². The van der Waals surface area contributed by atoms with Crippen molar-refractivity contribution in [1.82, 2.24) is 0 Å². The first-order chi connectivity index (χ1) is 7.67. The van der Waals surface area contributed by atoms with Crippen LogP contribution in [0.5, 0.6) is 0 Å². The van der Waals surface area contributed by atoms with E-state index in [2.05, 4.69) is 50.4 Å². The fraction of sp³-hybridized carbons (Fsp3) is 0.571. The van der Waals surface area contributed by atoms with Crippen LogP contribution in [0.4, 0.5) is 5.69 Å². The Hall–Kier alpha value is -1.02. The van der Waals surface area contributed by atoms with Crippen LogP contribution in [0.25, 0.3) is 0 Å². The first-order valence-electron chi connectivity index (χ1n) is 6.06. The second-order valence-corrected chi connectivity index (χ2v) is 4.34. The number of rotatable bonds is 6. The molecule has 2 heteroatoms. The number of ether oxygens (including phenoxy) is 1. The lowest BCUT2D eigenvalue weighted by molar-refractivity contribution is 0.119. The Balaban J connectivity index is 2.67. The van der Waals surface area contributed by atoms with Crippen LogP contribution in [0.3, 0.4) is 0 Å². The minimum atomic E-state index is 0.156. The summed E-state index contributed by atoms with van der Waals surface area (Å²) in [4.78, 5) is 0. The molecule has 90 valence electrons.